The summed E-state index contributed by atoms with van der Waals surface area (Å²) in [6, 6.07) is -0.707. The van der Waals surface area contributed by atoms with Crippen LogP contribution in [0.2, 0.25) is 0 Å². The van der Waals surface area contributed by atoms with Crippen LogP contribution in [0.5, 0.6) is 0 Å². The summed E-state index contributed by atoms with van der Waals surface area (Å²) in [5.74, 6) is -1.37. The van der Waals surface area contributed by atoms with Crippen molar-refractivity contribution < 1.29 is 14.7 Å². The quantitative estimate of drug-likeness (QED) is 0.514. The molecule has 0 bridgehead atoms. The maximum atomic E-state index is 11.3. The average molecular weight is 286 g/mol. The Morgan fingerprint density at radius 1 is 1.20 bits per heavy atom. The standard InChI is InChI=1S/C15H30N2O3/c1-4-6-10-15(3,11-7-5-2)17-12(14(19)20)8-9-13(16)18/h12,17H,4-11H2,1-3H3,(H2,16,18)(H,19,20). The van der Waals surface area contributed by atoms with Crippen molar-refractivity contribution in [3.63, 3.8) is 0 Å². The Morgan fingerprint density at radius 3 is 2.05 bits per heavy atom. The second kappa shape index (κ2) is 9.75. The highest BCUT2D eigenvalue weighted by molar-refractivity contribution is 5.77. The number of carbonyl (C=O) groups excluding carboxylic acids is 1. The molecular formula is C15H30N2O3. The van der Waals surface area contributed by atoms with Crippen LogP contribution >= 0.6 is 0 Å². The Balaban J connectivity index is 4.68. The Hall–Kier alpha value is -1.10. The Kier molecular flexibility index (Phi) is 9.21. The van der Waals surface area contributed by atoms with E-state index in [2.05, 4.69) is 26.1 Å². The lowest BCUT2D eigenvalue weighted by Gasteiger charge is -2.34. The van der Waals surface area contributed by atoms with Gasteiger partial charge >= 0.3 is 5.97 Å². The predicted molar refractivity (Wildman–Crippen MR) is 80.4 cm³/mol. The monoisotopic (exact) mass is 286 g/mol. The van der Waals surface area contributed by atoms with Gasteiger partial charge in [0.2, 0.25) is 5.91 Å². The molecule has 5 heteroatoms. The van der Waals surface area contributed by atoms with Crippen molar-refractivity contribution in [2.24, 2.45) is 5.73 Å². The SMILES string of the molecule is CCCCC(C)(CCCC)NC(CCC(N)=O)C(=O)O. The number of nitrogens with one attached hydrogen (secondary N) is 1. The van der Waals surface area contributed by atoms with Crippen molar-refractivity contribution in [3.05, 3.63) is 0 Å². The number of carboxylic acid groups (broad SMARTS) is 1. The molecule has 0 aromatic rings. The van der Waals surface area contributed by atoms with Gasteiger partial charge in [0, 0.05) is 12.0 Å². The number of aliphatic carboxylic acids is 1. The van der Waals surface area contributed by atoms with Crippen LogP contribution in [-0.2, 0) is 9.59 Å². The molecule has 0 aromatic carbocycles. The fraction of sp³-hybridized carbons (Fsp3) is 0.867. The van der Waals surface area contributed by atoms with Gasteiger partial charge in [0.25, 0.3) is 0 Å². The molecule has 20 heavy (non-hydrogen) atoms. The Labute approximate surface area is 122 Å². The van der Waals surface area contributed by atoms with E-state index in [1.807, 2.05) is 0 Å². The third-order valence-electron chi connectivity index (χ3n) is 3.66. The topological polar surface area (TPSA) is 92.4 Å². The summed E-state index contributed by atoms with van der Waals surface area (Å²) in [6.45, 7) is 6.34. The molecule has 118 valence electrons. The van der Waals surface area contributed by atoms with Crippen molar-refractivity contribution in [2.45, 2.75) is 83.7 Å². The van der Waals surface area contributed by atoms with Gasteiger partial charge in [-0.1, -0.05) is 39.5 Å². The molecule has 0 radical (unpaired) electrons. The number of carboxylic acids is 1. The molecule has 0 rings (SSSR count). The van der Waals surface area contributed by atoms with E-state index in [-0.39, 0.29) is 18.4 Å². The Bertz CT molecular complexity index is 297. The fourth-order valence-electron chi connectivity index (χ4n) is 2.37. The molecule has 0 aliphatic rings. The molecule has 5 nitrogen and oxygen atoms in total. The summed E-state index contributed by atoms with van der Waals surface area (Å²) in [6.07, 6.45) is 6.55. The largest absolute Gasteiger partial charge is 0.480 e. The van der Waals surface area contributed by atoms with E-state index in [1.165, 1.54) is 0 Å². The van der Waals surface area contributed by atoms with Gasteiger partial charge in [0.05, 0.1) is 0 Å². The van der Waals surface area contributed by atoms with E-state index >= 15 is 0 Å². The number of nitrogens with two attached hydrogens (primary N) is 1. The second-order valence-corrected chi connectivity index (χ2v) is 5.81. The van der Waals surface area contributed by atoms with Crippen LogP contribution in [0.3, 0.4) is 0 Å². The summed E-state index contributed by atoms with van der Waals surface area (Å²) < 4.78 is 0. The summed E-state index contributed by atoms with van der Waals surface area (Å²) in [5.41, 5.74) is 4.92. The van der Waals surface area contributed by atoms with Gasteiger partial charge in [-0.2, -0.15) is 0 Å². The first-order chi connectivity index (χ1) is 9.34. The van der Waals surface area contributed by atoms with E-state index in [9.17, 15) is 14.7 Å². The first-order valence-corrected chi connectivity index (χ1v) is 7.63. The molecule has 0 saturated heterocycles. The average Bonchev–Trinajstić information content (AvgIpc) is 2.38. The van der Waals surface area contributed by atoms with Crippen molar-refractivity contribution in [3.8, 4) is 0 Å². The number of unbranched alkanes of at least 4 members (excludes halogenated alkanes) is 2. The Morgan fingerprint density at radius 2 is 1.70 bits per heavy atom. The predicted octanol–water partition coefficient (Wildman–Crippen LogP) is 2.43. The van der Waals surface area contributed by atoms with Crippen LogP contribution in [0.15, 0.2) is 0 Å². The zero-order chi connectivity index (χ0) is 15.6. The molecule has 0 aromatic heterocycles. The summed E-state index contributed by atoms with van der Waals surface area (Å²) in [7, 11) is 0. The zero-order valence-corrected chi connectivity index (χ0v) is 13.1. The van der Waals surface area contributed by atoms with Gasteiger partial charge in [-0.3, -0.25) is 14.9 Å². The summed E-state index contributed by atoms with van der Waals surface area (Å²) in [4.78, 5) is 22.2. The lowest BCUT2D eigenvalue weighted by Crippen LogP contribution is -2.51. The van der Waals surface area contributed by atoms with Crippen LogP contribution in [0.4, 0.5) is 0 Å². The highest BCUT2D eigenvalue weighted by atomic mass is 16.4. The number of amides is 1. The van der Waals surface area contributed by atoms with Crippen molar-refractivity contribution in [1.29, 1.82) is 0 Å². The number of hydrogen-bond acceptors (Lipinski definition) is 3. The van der Waals surface area contributed by atoms with Gasteiger partial charge in [-0.15, -0.1) is 0 Å². The molecule has 0 heterocycles. The van der Waals surface area contributed by atoms with Crippen LogP contribution in [0.25, 0.3) is 0 Å². The van der Waals surface area contributed by atoms with E-state index in [4.69, 9.17) is 5.73 Å². The maximum absolute atomic E-state index is 11.3. The van der Waals surface area contributed by atoms with Gasteiger partial charge in [0.15, 0.2) is 0 Å². The van der Waals surface area contributed by atoms with E-state index in [0.29, 0.717) is 0 Å². The van der Waals surface area contributed by atoms with E-state index in [0.717, 1.165) is 38.5 Å². The summed E-state index contributed by atoms with van der Waals surface area (Å²) >= 11 is 0. The molecule has 0 aliphatic heterocycles. The zero-order valence-electron chi connectivity index (χ0n) is 13.1. The van der Waals surface area contributed by atoms with Gasteiger partial charge in [0.1, 0.15) is 6.04 Å². The van der Waals surface area contributed by atoms with Gasteiger partial charge in [-0.25, -0.2) is 0 Å². The summed E-state index contributed by atoms with van der Waals surface area (Å²) in [5, 5.41) is 12.5. The van der Waals surface area contributed by atoms with Crippen molar-refractivity contribution >= 4 is 11.9 Å². The second-order valence-electron chi connectivity index (χ2n) is 5.81. The molecule has 0 fully saturated rings. The smallest absolute Gasteiger partial charge is 0.320 e. The molecule has 1 amide bonds. The third kappa shape index (κ3) is 8.15. The molecule has 0 saturated carbocycles. The van der Waals surface area contributed by atoms with E-state index in [1.54, 1.807) is 0 Å². The first kappa shape index (κ1) is 18.9. The van der Waals surface area contributed by atoms with Crippen LogP contribution < -0.4 is 11.1 Å². The number of rotatable bonds is 12. The maximum Gasteiger partial charge on any atom is 0.320 e. The number of primary amides is 1. The van der Waals surface area contributed by atoms with Gasteiger partial charge < -0.3 is 10.8 Å². The highest BCUT2D eigenvalue weighted by Gasteiger charge is 2.29. The highest BCUT2D eigenvalue weighted by Crippen LogP contribution is 2.22. The number of carbonyl (C=O) groups is 2. The molecule has 4 N–H and O–H groups in total. The van der Waals surface area contributed by atoms with Crippen LogP contribution in [-0.4, -0.2) is 28.6 Å². The molecular weight excluding hydrogens is 256 g/mol. The van der Waals surface area contributed by atoms with Crippen LogP contribution in [0.1, 0.15) is 72.1 Å². The molecule has 1 unspecified atom stereocenters. The lowest BCUT2D eigenvalue weighted by molar-refractivity contribution is -0.140. The first-order valence-electron chi connectivity index (χ1n) is 7.63. The number of hydrogen-bond donors (Lipinski definition) is 3. The lowest BCUT2D eigenvalue weighted by atomic mass is 9.87. The van der Waals surface area contributed by atoms with Crippen molar-refractivity contribution in [2.75, 3.05) is 0 Å². The molecule has 0 aliphatic carbocycles. The van der Waals surface area contributed by atoms with Crippen LogP contribution in [0, 0.1) is 0 Å². The minimum atomic E-state index is -0.912. The normalized spacial score (nSPS) is 13.2. The van der Waals surface area contributed by atoms with Crippen molar-refractivity contribution in [1.82, 2.24) is 5.32 Å². The third-order valence-corrected chi connectivity index (χ3v) is 3.66. The van der Waals surface area contributed by atoms with Gasteiger partial charge in [-0.05, 0) is 26.2 Å². The van der Waals surface area contributed by atoms with E-state index < -0.39 is 17.9 Å². The fourth-order valence-corrected chi connectivity index (χ4v) is 2.37. The minimum absolute atomic E-state index is 0.0988. The molecule has 0 spiro atoms. The molecule has 1 atom stereocenters. The minimum Gasteiger partial charge on any atom is -0.480 e.